The zero-order valence-corrected chi connectivity index (χ0v) is 19.3. The van der Waals surface area contributed by atoms with Crippen molar-refractivity contribution in [2.24, 2.45) is 11.3 Å². The highest BCUT2D eigenvalue weighted by Gasteiger charge is 2.56. The van der Waals surface area contributed by atoms with E-state index in [-0.39, 0.29) is 36.3 Å². The van der Waals surface area contributed by atoms with Crippen molar-refractivity contribution >= 4 is 29.3 Å². The minimum Gasteiger partial charge on any atom is -0.356 e. The highest BCUT2D eigenvalue weighted by Crippen LogP contribution is 2.54. The van der Waals surface area contributed by atoms with Crippen molar-refractivity contribution in [3.8, 4) is 0 Å². The normalized spacial score (nSPS) is 23.3. The average molecular weight is 509 g/mol. The van der Waals surface area contributed by atoms with Crippen LogP contribution in [0, 0.1) is 11.3 Å². The molecule has 1 aliphatic carbocycles. The minimum absolute atomic E-state index is 0.169. The summed E-state index contributed by atoms with van der Waals surface area (Å²) in [6.45, 7) is -0.776. The minimum atomic E-state index is -5.04. The van der Waals surface area contributed by atoms with Crippen LogP contribution in [0.15, 0.2) is 30.3 Å². The number of Topliss-reactive ketones (excluding diaryl/α,β-unsaturated/α-hetero) is 2. The van der Waals surface area contributed by atoms with Gasteiger partial charge >= 0.3 is 6.36 Å². The van der Waals surface area contributed by atoms with Gasteiger partial charge in [0, 0.05) is 24.6 Å². The van der Waals surface area contributed by atoms with Crippen molar-refractivity contribution in [3.05, 3.63) is 35.9 Å². The molecule has 4 rings (SSSR count). The maximum absolute atomic E-state index is 13.3. The molecule has 9 nitrogen and oxygen atoms in total. The number of rotatable bonds is 9. The van der Waals surface area contributed by atoms with Crippen molar-refractivity contribution in [2.45, 2.75) is 50.6 Å². The summed E-state index contributed by atoms with van der Waals surface area (Å²) in [5, 5.41) is 5.03. The number of amides is 3. The molecule has 0 radical (unpaired) electrons. The number of nitrogens with zero attached hydrogens (tertiary/aromatic N) is 1. The Balaban J connectivity index is 1.50. The Morgan fingerprint density at radius 1 is 1.17 bits per heavy atom. The molecule has 194 valence electrons. The number of nitrogens with one attached hydrogen (secondary N) is 2. The van der Waals surface area contributed by atoms with Gasteiger partial charge in [0.15, 0.2) is 5.78 Å². The van der Waals surface area contributed by atoms with Crippen molar-refractivity contribution in [1.29, 1.82) is 0 Å². The average Bonchev–Trinajstić information content (AvgIpc) is 3.30. The SMILES string of the molecule is O=C(C(=O)N1CC2(CC2)C[C@H]1C(=O)N[C@@H](C[C@@H]1CCNC1=O)C(=O)COC(F)(F)F)c1ccccc1. The Bertz CT molecular complexity index is 1060. The van der Waals surface area contributed by atoms with Crippen molar-refractivity contribution in [1.82, 2.24) is 15.5 Å². The third-order valence-corrected chi connectivity index (χ3v) is 7.03. The second-order valence-electron chi connectivity index (χ2n) is 9.62. The van der Waals surface area contributed by atoms with E-state index in [1.165, 1.54) is 17.0 Å². The lowest BCUT2D eigenvalue weighted by Gasteiger charge is -2.26. The molecule has 3 amide bonds. The van der Waals surface area contributed by atoms with Gasteiger partial charge in [0.2, 0.25) is 17.6 Å². The lowest BCUT2D eigenvalue weighted by molar-refractivity contribution is -0.321. The Morgan fingerprint density at radius 2 is 1.86 bits per heavy atom. The lowest BCUT2D eigenvalue weighted by atomic mass is 9.95. The highest BCUT2D eigenvalue weighted by atomic mass is 19.4. The van der Waals surface area contributed by atoms with E-state index in [1.54, 1.807) is 18.2 Å². The number of likely N-dealkylation sites (tertiary alicyclic amines) is 1. The third kappa shape index (κ3) is 5.92. The van der Waals surface area contributed by atoms with Crippen LogP contribution in [-0.4, -0.2) is 72.3 Å². The fourth-order valence-corrected chi connectivity index (χ4v) is 4.83. The first-order chi connectivity index (χ1) is 17.0. The van der Waals surface area contributed by atoms with Crippen LogP contribution in [0.1, 0.15) is 42.5 Å². The predicted molar refractivity (Wildman–Crippen MR) is 117 cm³/mol. The number of ether oxygens (including phenoxy) is 1. The second-order valence-corrected chi connectivity index (χ2v) is 9.62. The molecule has 1 saturated carbocycles. The summed E-state index contributed by atoms with van der Waals surface area (Å²) < 4.78 is 41.1. The van der Waals surface area contributed by atoms with Gasteiger partial charge < -0.3 is 15.5 Å². The molecular weight excluding hydrogens is 483 g/mol. The molecule has 3 aliphatic rings. The summed E-state index contributed by atoms with van der Waals surface area (Å²) in [5.41, 5.74) is -0.123. The first-order valence-electron chi connectivity index (χ1n) is 11.7. The number of alkyl halides is 3. The summed E-state index contributed by atoms with van der Waals surface area (Å²) >= 11 is 0. The van der Waals surface area contributed by atoms with Gasteiger partial charge in [0.05, 0.1) is 6.04 Å². The molecule has 36 heavy (non-hydrogen) atoms. The number of carbonyl (C=O) groups excluding carboxylic acids is 5. The van der Waals surface area contributed by atoms with E-state index in [2.05, 4.69) is 15.4 Å². The Kier molecular flexibility index (Phi) is 7.17. The Hall–Kier alpha value is -3.28. The lowest BCUT2D eigenvalue weighted by Crippen LogP contribution is -2.53. The van der Waals surface area contributed by atoms with Crippen LogP contribution in [0.4, 0.5) is 13.2 Å². The fourth-order valence-electron chi connectivity index (χ4n) is 4.83. The van der Waals surface area contributed by atoms with Crippen molar-refractivity contribution in [3.63, 3.8) is 0 Å². The van der Waals surface area contributed by atoms with Crippen LogP contribution < -0.4 is 10.6 Å². The zero-order valence-electron chi connectivity index (χ0n) is 19.3. The maximum atomic E-state index is 13.3. The van der Waals surface area contributed by atoms with Crippen LogP contribution in [0.2, 0.25) is 0 Å². The van der Waals surface area contributed by atoms with Crippen LogP contribution in [-0.2, 0) is 23.9 Å². The fraction of sp³-hybridized carbons (Fsp3) is 0.542. The molecule has 0 bridgehead atoms. The van der Waals surface area contributed by atoms with Gasteiger partial charge in [-0.05, 0) is 37.5 Å². The summed E-state index contributed by atoms with van der Waals surface area (Å²) in [6, 6.07) is 5.39. The number of carbonyl (C=O) groups is 5. The van der Waals surface area contributed by atoms with Gasteiger partial charge in [0.25, 0.3) is 5.91 Å². The second kappa shape index (κ2) is 10.00. The van der Waals surface area contributed by atoms with Gasteiger partial charge in [-0.2, -0.15) is 0 Å². The maximum Gasteiger partial charge on any atom is 0.522 e. The van der Waals surface area contributed by atoms with Crippen molar-refractivity contribution in [2.75, 3.05) is 19.7 Å². The molecule has 2 heterocycles. The van der Waals surface area contributed by atoms with E-state index >= 15 is 0 Å². The van der Waals surface area contributed by atoms with E-state index in [9.17, 15) is 37.1 Å². The Morgan fingerprint density at radius 3 is 2.44 bits per heavy atom. The van der Waals surface area contributed by atoms with Crippen LogP contribution in [0.25, 0.3) is 0 Å². The van der Waals surface area contributed by atoms with Gasteiger partial charge in [-0.3, -0.25) is 28.7 Å². The van der Waals surface area contributed by atoms with Gasteiger partial charge in [-0.1, -0.05) is 30.3 Å². The van der Waals surface area contributed by atoms with Crippen LogP contribution in [0.5, 0.6) is 0 Å². The highest BCUT2D eigenvalue weighted by molar-refractivity contribution is 6.43. The number of ketones is 2. The van der Waals surface area contributed by atoms with E-state index in [4.69, 9.17) is 0 Å². The molecule has 2 saturated heterocycles. The van der Waals surface area contributed by atoms with Gasteiger partial charge in [0.1, 0.15) is 12.6 Å². The van der Waals surface area contributed by atoms with E-state index < -0.39 is 54.4 Å². The topological polar surface area (TPSA) is 122 Å². The summed E-state index contributed by atoms with van der Waals surface area (Å²) in [5.74, 6) is -4.46. The molecule has 3 atom stereocenters. The molecule has 0 aromatic heterocycles. The first-order valence-corrected chi connectivity index (χ1v) is 11.7. The van der Waals surface area contributed by atoms with Crippen molar-refractivity contribution < 1.29 is 41.9 Å². The molecule has 3 fully saturated rings. The third-order valence-electron chi connectivity index (χ3n) is 7.03. The van der Waals surface area contributed by atoms with E-state index in [0.29, 0.717) is 13.0 Å². The summed E-state index contributed by atoms with van der Waals surface area (Å²) in [4.78, 5) is 64.9. The summed E-state index contributed by atoms with van der Waals surface area (Å²) in [7, 11) is 0. The monoisotopic (exact) mass is 509 g/mol. The molecule has 1 aromatic carbocycles. The molecule has 1 aromatic rings. The van der Waals surface area contributed by atoms with Gasteiger partial charge in [-0.15, -0.1) is 13.2 Å². The van der Waals surface area contributed by atoms with Crippen LogP contribution >= 0.6 is 0 Å². The smallest absolute Gasteiger partial charge is 0.356 e. The molecule has 2 N–H and O–H groups in total. The quantitative estimate of drug-likeness (QED) is 0.383. The van der Waals surface area contributed by atoms with Crippen LogP contribution in [0.3, 0.4) is 0 Å². The molecule has 1 spiro atoms. The molecular formula is C24H26F3N3O6. The number of hydrogen-bond donors (Lipinski definition) is 2. The van der Waals surface area contributed by atoms with E-state index in [0.717, 1.165) is 12.8 Å². The number of halogens is 3. The predicted octanol–water partition coefficient (Wildman–Crippen LogP) is 1.37. The molecule has 0 unspecified atom stereocenters. The largest absolute Gasteiger partial charge is 0.522 e. The molecule has 2 aliphatic heterocycles. The Labute approximate surface area is 204 Å². The standard InChI is InChI=1S/C24H26F3N3O6/c25-24(26,27)36-12-18(31)16(10-15-6-9-28-20(15)33)29-21(34)17-11-23(7-8-23)13-30(17)22(35)19(32)14-4-2-1-3-5-14/h1-5,15-17H,6-13H2,(H,28,33)(H,29,34)/t15-,16-,17-/m0/s1. The summed E-state index contributed by atoms with van der Waals surface area (Å²) in [6.07, 6.45) is -3.07. The number of benzene rings is 1. The molecule has 12 heteroatoms. The van der Waals surface area contributed by atoms with Gasteiger partial charge in [-0.25, -0.2) is 0 Å². The first kappa shape index (κ1) is 25.8. The zero-order chi connectivity index (χ0) is 26.1. The number of hydrogen-bond acceptors (Lipinski definition) is 6. The van der Waals surface area contributed by atoms with E-state index in [1.807, 2.05) is 0 Å².